The lowest BCUT2D eigenvalue weighted by atomic mass is 10.2. The number of nitrogens with one attached hydrogen (secondary N) is 2. The summed E-state index contributed by atoms with van der Waals surface area (Å²) >= 11 is 0. The first kappa shape index (κ1) is 13.5. The molecule has 4 aromatic rings. The monoisotopic (exact) mass is 301 g/mol. The number of nitrogens with zero attached hydrogens (tertiary/aromatic N) is 1. The van der Waals surface area contributed by atoms with E-state index in [2.05, 4.69) is 21.4 Å². The lowest BCUT2D eigenvalue weighted by molar-refractivity contribution is 0.102. The molecule has 4 heteroatoms. The molecule has 0 radical (unpaired) electrons. The Balaban J connectivity index is 1.70. The highest BCUT2D eigenvalue weighted by Crippen LogP contribution is 2.22. The molecular weight excluding hydrogens is 286 g/mol. The second-order valence-electron chi connectivity index (χ2n) is 5.61. The number of aryl methyl sites for hydroxylation is 1. The van der Waals surface area contributed by atoms with Crippen LogP contribution in [0.15, 0.2) is 60.8 Å². The van der Waals surface area contributed by atoms with E-state index < -0.39 is 0 Å². The fraction of sp³-hybridized carbons (Fsp3) is 0.0526. The van der Waals surface area contributed by atoms with Crippen molar-refractivity contribution in [2.45, 2.75) is 6.92 Å². The molecule has 0 aliphatic rings. The van der Waals surface area contributed by atoms with Crippen LogP contribution in [-0.2, 0) is 0 Å². The Bertz CT molecular complexity index is 1030. The van der Waals surface area contributed by atoms with E-state index in [0.717, 1.165) is 21.8 Å². The fourth-order valence-electron chi connectivity index (χ4n) is 2.77. The molecule has 0 atom stereocenters. The van der Waals surface area contributed by atoms with E-state index in [0.29, 0.717) is 11.4 Å². The van der Waals surface area contributed by atoms with Gasteiger partial charge < -0.3 is 10.3 Å². The van der Waals surface area contributed by atoms with Crippen molar-refractivity contribution in [1.29, 1.82) is 0 Å². The number of hydrogen-bond donors (Lipinski definition) is 2. The SMILES string of the molecule is Cc1ccc2[nH]c(C(=O)Nc3cccc4cccnc34)cc2c1. The first-order valence-electron chi connectivity index (χ1n) is 7.45. The zero-order valence-corrected chi connectivity index (χ0v) is 12.6. The minimum atomic E-state index is -0.169. The third kappa shape index (κ3) is 2.44. The maximum atomic E-state index is 12.5. The van der Waals surface area contributed by atoms with E-state index in [-0.39, 0.29) is 5.91 Å². The highest BCUT2D eigenvalue weighted by molar-refractivity contribution is 6.09. The molecule has 4 rings (SSSR count). The van der Waals surface area contributed by atoms with Crippen LogP contribution in [0.1, 0.15) is 16.1 Å². The van der Waals surface area contributed by atoms with Crippen LogP contribution in [0.4, 0.5) is 5.69 Å². The Hall–Kier alpha value is -3.14. The number of aromatic amines is 1. The second-order valence-corrected chi connectivity index (χ2v) is 5.61. The van der Waals surface area contributed by atoms with Gasteiger partial charge in [0.05, 0.1) is 11.2 Å². The Labute approximate surface area is 133 Å². The van der Waals surface area contributed by atoms with Crippen LogP contribution >= 0.6 is 0 Å². The summed E-state index contributed by atoms with van der Waals surface area (Å²) in [6, 6.07) is 17.5. The first-order chi connectivity index (χ1) is 11.2. The Kier molecular flexibility index (Phi) is 3.08. The second kappa shape index (κ2) is 5.25. The fourth-order valence-corrected chi connectivity index (χ4v) is 2.77. The lowest BCUT2D eigenvalue weighted by Crippen LogP contribution is -2.12. The number of amides is 1. The molecule has 0 unspecified atom stereocenters. The van der Waals surface area contributed by atoms with Gasteiger partial charge in [0, 0.05) is 22.5 Å². The Morgan fingerprint density at radius 2 is 1.91 bits per heavy atom. The van der Waals surface area contributed by atoms with Crippen LogP contribution in [-0.4, -0.2) is 15.9 Å². The van der Waals surface area contributed by atoms with Gasteiger partial charge >= 0.3 is 0 Å². The molecule has 4 nitrogen and oxygen atoms in total. The van der Waals surface area contributed by atoms with Gasteiger partial charge in [-0.1, -0.05) is 29.8 Å². The average molecular weight is 301 g/mol. The summed E-state index contributed by atoms with van der Waals surface area (Å²) in [4.78, 5) is 20.1. The number of rotatable bonds is 2. The highest BCUT2D eigenvalue weighted by Gasteiger charge is 2.11. The van der Waals surface area contributed by atoms with E-state index in [1.165, 1.54) is 5.56 Å². The maximum Gasteiger partial charge on any atom is 0.272 e. The average Bonchev–Trinajstić information content (AvgIpc) is 2.98. The topological polar surface area (TPSA) is 57.8 Å². The molecule has 112 valence electrons. The lowest BCUT2D eigenvalue weighted by Gasteiger charge is -2.06. The van der Waals surface area contributed by atoms with Crippen molar-refractivity contribution in [2.75, 3.05) is 5.32 Å². The largest absolute Gasteiger partial charge is 0.351 e. The van der Waals surface area contributed by atoms with Crippen molar-refractivity contribution in [3.63, 3.8) is 0 Å². The zero-order chi connectivity index (χ0) is 15.8. The molecule has 2 aromatic heterocycles. The van der Waals surface area contributed by atoms with Crippen LogP contribution in [0.2, 0.25) is 0 Å². The zero-order valence-electron chi connectivity index (χ0n) is 12.6. The summed E-state index contributed by atoms with van der Waals surface area (Å²) in [5, 5.41) is 4.98. The van der Waals surface area contributed by atoms with Crippen LogP contribution in [0.25, 0.3) is 21.8 Å². The summed E-state index contributed by atoms with van der Waals surface area (Å²) < 4.78 is 0. The van der Waals surface area contributed by atoms with Gasteiger partial charge in [0.1, 0.15) is 5.69 Å². The third-order valence-electron chi connectivity index (χ3n) is 3.90. The van der Waals surface area contributed by atoms with Crippen molar-refractivity contribution in [2.24, 2.45) is 0 Å². The van der Waals surface area contributed by atoms with Crippen molar-refractivity contribution in [3.05, 3.63) is 72.1 Å². The smallest absolute Gasteiger partial charge is 0.272 e. The molecule has 23 heavy (non-hydrogen) atoms. The van der Waals surface area contributed by atoms with E-state index in [1.807, 2.05) is 55.5 Å². The molecule has 0 fully saturated rings. The number of fused-ring (bicyclic) bond motifs is 2. The number of carbonyl (C=O) groups excluding carboxylic acids is 1. The molecule has 0 aliphatic carbocycles. The van der Waals surface area contributed by atoms with E-state index in [9.17, 15) is 4.79 Å². The standard InChI is InChI=1S/C19H15N3O/c1-12-7-8-15-14(10-12)11-17(21-15)19(23)22-16-6-2-4-13-5-3-9-20-18(13)16/h2-11,21H,1H3,(H,22,23). The van der Waals surface area contributed by atoms with Gasteiger partial charge in [-0.15, -0.1) is 0 Å². The normalized spacial score (nSPS) is 11.0. The first-order valence-corrected chi connectivity index (χ1v) is 7.45. The number of para-hydroxylation sites is 1. The minimum absolute atomic E-state index is 0.169. The van der Waals surface area contributed by atoms with Crippen LogP contribution in [0.3, 0.4) is 0 Å². The molecule has 1 amide bonds. The quantitative estimate of drug-likeness (QED) is 0.580. The maximum absolute atomic E-state index is 12.5. The molecule has 2 heterocycles. The molecular formula is C19H15N3O. The van der Waals surface area contributed by atoms with Gasteiger partial charge in [-0.05, 0) is 37.3 Å². The van der Waals surface area contributed by atoms with Gasteiger partial charge in [0.2, 0.25) is 0 Å². The molecule has 2 aromatic carbocycles. The minimum Gasteiger partial charge on any atom is -0.351 e. The Morgan fingerprint density at radius 1 is 1.04 bits per heavy atom. The molecule has 0 saturated carbocycles. The van der Waals surface area contributed by atoms with Gasteiger partial charge in [0.25, 0.3) is 5.91 Å². The summed E-state index contributed by atoms with van der Waals surface area (Å²) in [6.45, 7) is 2.04. The van der Waals surface area contributed by atoms with Crippen LogP contribution in [0.5, 0.6) is 0 Å². The Morgan fingerprint density at radius 3 is 2.83 bits per heavy atom. The highest BCUT2D eigenvalue weighted by atomic mass is 16.1. The van der Waals surface area contributed by atoms with E-state index in [1.54, 1.807) is 6.20 Å². The van der Waals surface area contributed by atoms with Gasteiger partial charge in [-0.25, -0.2) is 0 Å². The molecule has 0 spiro atoms. The third-order valence-corrected chi connectivity index (χ3v) is 3.90. The van der Waals surface area contributed by atoms with Gasteiger partial charge in [-0.2, -0.15) is 0 Å². The number of hydrogen-bond acceptors (Lipinski definition) is 2. The number of aromatic nitrogens is 2. The molecule has 0 saturated heterocycles. The number of benzene rings is 2. The number of H-pyrrole nitrogens is 1. The summed E-state index contributed by atoms with van der Waals surface area (Å²) in [7, 11) is 0. The number of pyridine rings is 1. The predicted molar refractivity (Wildman–Crippen MR) is 92.7 cm³/mol. The van der Waals surface area contributed by atoms with Gasteiger partial charge in [0.15, 0.2) is 0 Å². The number of carbonyl (C=O) groups is 1. The summed E-state index contributed by atoms with van der Waals surface area (Å²) in [5.74, 6) is -0.169. The molecule has 0 aliphatic heterocycles. The van der Waals surface area contributed by atoms with Crippen molar-refractivity contribution < 1.29 is 4.79 Å². The summed E-state index contributed by atoms with van der Waals surface area (Å²) in [6.07, 6.45) is 1.73. The van der Waals surface area contributed by atoms with Crippen molar-refractivity contribution in [3.8, 4) is 0 Å². The van der Waals surface area contributed by atoms with E-state index in [4.69, 9.17) is 0 Å². The van der Waals surface area contributed by atoms with Crippen molar-refractivity contribution in [1.82, 2.24) is 9.97 Å². The van der Waals surface area contributed by atoms with Crippen LogP contribution in [0, 0.1) is 6.92 Å². The summed E-state index contributed by atoms with van der Waals surface area (Å²) in [5.41, 5.74) is 4.16. The van der Waals surface area contributed by atoms with Crippen LogP contribution < -0.4 is 5.32 Å². The molecule has 0 bridgehead atoms. The predicted octanol–water partition coefficient (Wildman–Crippen LogP) is 4.28. The number of anilines is 1. The van der Waals surface area contributed by atoms with E-state index >= 15 is 0 Å². The van der Waals surface area contributed by atoms with Gasteiger partial charge in [-0.3, -0.25) is 9.78 Å². The van der Waals surface area contributed by atoms with Crippen molar-refractivity contribution >= 4 is 33.4 Å². The molecule has 2 N–H and O–H groups in total.